The number of carboxylic acid groups (broad SMARTS) is 1. The van der Waals surface area contributed by atoms with Crippen molar-refractivity contribution in [2.45, 2.75) is 20.0 Å². The highest BCUT2D eigenvalue weighted by Crippen LogP contribution is 2.27. The molecule has 0 aliphatic carbocycles. The van der Waals surface area contributed by atoms with Crippen LogP contribution in [0.3, 0.4) is 0 Å². The zero-order valence-corrected chi connectivity index (χ0v) is 13.6. The second-order valence-electron chi connectivity index (χ2n) is 4.72. The number of halogens is 1. The van der Waals surface area contributed by atoms with Gasteiger partial charge in [0.25, 0.3) is 0 Å². The maximum Gasteiger partial charge on any atom is 0.328 e. The van der Waals surface area contributed by atoms with E-state index in [4.69, 9.17) is 9.84 Å². The zero-order chi connectivity index (χ0) is 15.1. The number of likely N-dealkylation sites (N-methyl/N-ethyl adjacent to an activating group) is 1. The first kappa shape index (κ1) is 16.7. The maximum atomic E-state index is 10.5. The molecule has 1 aromatic rings. The molecule has 0 spiro atoms. The molecule has 0 unspecified atom stereocenters. The Kier molecular flexibility index (Phi) is 6.75. The van der Waals surface area contributed by atoms with Gasteiger partial charge in [-0.3, -0.25) is 0 Å². The van der Waals surface area contributed by atoms with Crippen LogP contribution in [0.15, 0.2) is 28.7 Å². The van der Waals surface area contributed by atoms with Crippen LogP contribution in [0, 0.1) is 0 Å². The Balaban J connectivity index is 2.69. The highest BCUT2D eigenvalue weighted by atomic mass is 79.9. The van der Waals surface area contributed by atoms with Crippen molar-refractivity contribution in [3.63, 3.8) is 0 Å². The molecular formula is C15H20BrNO3. The predicted octanol–water partition coefficient (Wildman–Crippen LogP) is 3.41. The molecule has 20 heavy (non-hydrogen) atoms. The van der Waals surface area contributed by atoms with Gasteiger partial charge in [-0.2, -0.15) is 0 Å². The average molecular weight is 342 g/mol. The third kappa shape index (κ3) is 5.75. The monoisotopic (exact) mass is 341 g/mol. The molecule has 0 saturated carbocycles. The summed E-state index contributed by atoms with van der Waals surface area (Å²) in [5, 5.41) is 8.61. The van der Waals surface area contributed by atoms with Crippen LogP contribution in [0.25, 0.3) is 6.08 Å². The molecule has 0 saturated heterocycles. The van der Waals surface area contributed by atoms with Crippen molar-refractivity contribution in [3.05, 3.63) is 34.3 Å². The van der Waals surface area contributed by atoms with E-state index in [0.717, 1.165) is 28.3 Å². The predicted molar refractivity (Wildman–Crippen MR) is 85.2 cm³/mol. The number of ether oxygens (including phenoxy) is 1. The van der Waals surface area contributed by atoms with Crippen LogP contribution >= 0.6 is 15.9 Å². The average Bonchev–Trinajstić information content (AvgIpc) is 2.35. The molecule has 0 fully saturated rings. The van der Waals surface area contributed by atoms with E-state index in [1.54, 1.807) is 6.08 Å². The van der Waals surface area contributed by atoms with Gasteiger partial charge in [0.05, 0.1) is 18.4 Å². The van der Waals surface area contributed by atoms with E-state index < -0.39 is 5.97 Å². The van der Waals surface area contributed by atoms with Gasteiger partial charge < -0.3 is 14.7 Å². The Morgan fingerprint density at radius 1 is 1.50 bits per heavy atom. The number of anilines is 1. The van der Waals surface area contributed by atoms with E-state index in [-0.39, 0.29) is 6.10 Å². The summed E-state index contributed by atoms with van der Waals surface area (Å²) in [6.07, 6.45) is 2.93. The maximum absolute atomic E-state index is 10.5. The summed E-state index contributed by atoms with van der Waals surface area (Å²) in [5.74, 6) is -0.951. The lowest BCUT2D eigenvalue weighted by molar-refractivity contribution is -0.131. The normalized spacial score (nSPS) is 11.2. The molecule has 0 aliphatic rings. The first-order chi connectivity index (χ1) is 9.40. The number of rotatable bonds is 7. The fraction of sp³-hybridized carbons (Fsp3) is 0.400. The minimum Gasteiger partial charge on any atom is -0.478 e. The summed E-state index contributed by atoms with van der Waals surface area (Å²) in [6, 6.07) is 5.74. The van der Waals surface area contributed by atoms with Crippen molar-refractivity contribution >= 4 is 33.7 Å². The molecule has 0 bridgehead atoms. The standard InChI is InChI=1S/C15H20BrNO3/c1-11(2)20-9-8-17(3)14-6-4-12(10-13(14)16)5-7-15(18)19/h4-7,10-11H,8-9H2,1-3H3,(H,18,19)/b7-5+. The van der Waals surface area contributed by atoms with Crippen LogP contribution in [-0.2, 0) is 9.53 Å². The lowest BCUT2D eigenvalue weighted by Crippen LogP contribution is -2.24. The van der Waals surface area contributed by atoms with Crippen LogP contribution in [-0.4, -0.2) is 37.4 Å². The number of hydrogen-bond donors (Lipinski definition) is 1. The smallest absolute Gasteiger partial charge is 0.328 e. The fourth-order valence-electron chi connectivity index (χ4n) is 1.65. The van der Waals surface area contributed by atoms with Crippen LogP contribution < -0.4 is 4.90 Å². The van der Waals surface area contributed by atoms with E-state index in [0.29, 0.717) is 6.61 Å². The molecule has 0 amide bonds. The molecule has 0 atom stereocenters. The molecule has 0 aromatic heterocycles. The Morgan fingerprint density at radius 2 is 2.20 bits per heavy atom. The fourth-order valence-corrected chi connectivity index (χ4v) is 2.35. The quantitative estimate of drug-likeness (QED) is 0.772. The summed E-state index contributed by atoms with van der Waals surface area (Å²) in [7, 11) is 2.00. The van der Waals surface area contributed by atoms with Gasteiger partial charge in [-0.15, -0.1) is 0 Å². The minimum absolute atomic E-state index is 0.232. The number of aliphatic carboxylic acids is 1. The van der Waals surface area contributed by atoms with Crippen molar-refractivity contribution in [3.8, 4) is 0 Å². The summed E-state index contributed by atoms with van der Waals surface area (Å²) in [5.41, 5.74) is 1.89. The van der Waals surface area contributed by atoms with Crippen LogP contribution in [0.1, 0.15) is 19.4 Å². The number of carboxylic acids is 1. The van der Waals surface area contributed by atoms with E-state index in [2.05, 4.69) is 20.8 Å². The second-order valence-corrected chi connectivity index (χ2v) is 5.58. The van der Waals surface area contributed by atoms with Gasteiger partial charge in [0.2, 0.25) is 0 Å². The molecule has 5 heteroatoms. The van der Waals surface area contributed by atoms with E-state index >= 15 is 0 Å². The van der Waals surface area contributed by atoms with Crippen molar-refractivity contribution in [1.82, 2.24) is 0 Å². The summed E-state index contributed by atoms with van der Waals surface area (Å²) < 4.78 is 6.46. The zero-order valence-electron chi connectivity index (χ0n) is 12.0. The minimum atomic E-state index is -0.951. The van der Waals surface area contributed by atoms with E-state index in [1.165, 1.54) is 0 Å². The third-order valence-corrected chi connectivity index (χ3v) is 3.31. The molecule has 0 radical (unpaired) electrons. The van der Waals surface area contributed by atoms with Crippen molar-refractivity contribution in [2.24, 2.45) is 0 Å². The van der Waals surface area contributed by atoms with Gasteiger partial charge in [-0.1, -0.05) is 6.07 Å². The Morgan fingerprint density at radius 3 is 2.75 bits per heavy atom. The second kappa shape index (κ2) is 8.07. The summed E-state index contributed by atoms with van der Waals surface area (Å²) >= 11 is 3.51. The molecule has 1 rings (SSSR count). The SMILES string of the molecule is CC(C)OCCN(C)c1ccc(/C=C/C(=O)O)cc1Br. The van der Waals surface area contributed by atoms with Crippen molar-refractivity contribution in [2.75, 3.05) is 25.1 Å². The Hall–Kier alpha value is -1.33. The largest absolute Gasteiger partial charge is 0.478 e. The first-order valence-electron chi connectivity index (χ1n) is 6.43. The topological polar surface area (TPSA) is 49.8 Å². The van der Waals surface area contributed by atoms with E-state index in [9.17, 15) is 4.79 Å². The molecule has 0 aliphatic heterocycles. The molecule has 110 valence electrons. The Bertz CT molecular complexity index is 486. The van der Waals surface area contributed by atoms with E-state index in [1.807, 2.05) is 39.1 Å². The van der Waals surface area contributed by atoms with Gasteiger partial charge in [0.1, 0.15) is 0 Å². The first-order valence-corrected chi connectivity index (χ1v) is 7.22. The number of nitrogens with zero attached hydrogens (tertiary/aromatic N) is 1. The van der Waals surface area contributed by atoms with Crippen molar-refractivity contribution < 1.29 is 14.6 Å². The van der Waals surface area contributed by atoms with Gasteiger partial charge in [-0.05, 0) is 53.5 Å². The van der Waals surface area contributed by atoms with Crippen molar-refractivity contribution in [1.29, 1.82) is 0 Å². The molecular weight excluding hydrogens is 322 g/mol. The van der Waals surface area contributed by atoms with Crippen LogP contribution in [0.4, 0.5) is 5.69 Å². The lowest BCUT2D eigenvalue weighted by atomic mass is 10.2. The van der Waals surface area contributed by atoms with Gasteiger partial charge in [0.15, 0.2) is 0 Å². The van der Waals surface area contributed by atoms with Crippen LogP contribution in [0.5, 0.6) is 0 Å². The van der Waals surface area contributed by atoms with Gasteiger partial charge in [-0.25, -0.2) is 4.79 Å². The Labute approximate surface area is 128 Å². The van der Waals surface area contributed by atoms with Gasteiger partial charge in [0, 0.05) is 24.1 Å². The lowest BCUT2D eigenvalue weighted by Gasteiger charge is -2.21. The number of carbonyl (C=O) groups is 1. The molecule has 1 N–H and O–H groups in total. The molecule has 4 nitrogen and oxygen atoms in total. The molecule has 0 heterocycles. The molecule has 1 aromatic carbocycles. The van der Waals surface area contributed by atoms with Gasteiger partial charge >= 0.3 is 5.97 Å². The third-order valence-electron chi connectivity index (χ3n) is 2.68. The number of hydrogen-bond acceptors (Lipinski definition) is 3. The summed E-state index contributed by atoms with van der Waals surface area (Å²) in [6.45, 7) is 5.49. The highest BCUT2D eigenvalue weighted by Gasteiger charge is 2.06. The summed E-state index contributed by atoms with van der Waals surface area (Å²) in [4.78, 5) is 12.6. The van der Waals surface area contributed by atoms with Crippen LogP contribution in [0.2, 0.25) is 0 Å². The number of benzene rings is 1. The highest BCUT2D eigenvalue weighted by molar-refractivity contribution is 9.10.